The summed E-state index contributed by atoms with van der Waals surface area (Å²) in [5.41, 5.74) is 7.74. The predicted molar refractivity (Wildman–Crippen MR) is 202 cm³/mol. The summed E-state index contributed by atoms with van der Waals surface area (Å²) in [7, 11) is 0. The number of para-hydroxylation sites is 3. The fourth-order valence-electron chi connectivity index (χ4n) is 7.83. The number of thiophene rings is 1. The van der Waals surface area contributed by atoms with E-state index in [2.05, 4.69) is 130 Å². The van der Waals surface area contributed by atoms with Gasteiger partial charge in [0.25, 0.3) is 0 Å². The molecule has 0 saturated carbocycles. The average Bonchev–Trinajstić information content (AvgIpc) is 3.79. The van der Waals surface area contributed by atoms with E-state index in [-0.39, 0.29) is 5.43 Å². The maximum Gasteiger partial charge on any atom is 0.200 e. The van der Waals surface area contributed by atoms with Gasteiger partial charge in [-0.25, -0.2) is 0 Å². The monoisotopic (exact) mass is 632 g/mol. The van der Waals surface area contributed by atoms with Crippen LogP contribution in [0.15, 0.2) is 155 Å². The van der Waals surface area contributed by atoms with Gasteiger partial charge in [-0.05, 0) is 66.7 Å². The zero-order chi connectivity index (χ0) is 31.5. The van der Waals surface area contributed by atoms with Crippen molar-refractivity contribution in [3.05, 3.63) is 156 Å². The Morgan fingerprint density at radius 1 is 0.438 bits per heavy atom. The van der Waals surface area contributed by atoms with Gasteiger partial charge >= 0.3 is 0 Å². The van der Waals surface area contributed by atoms with Crippen LogP contribution < -0.4 is 5.43 Å². The molecule has 0 atom stereocenters. The maximum absolute atomic E-state index is 14.2. The summed E-state index contributed by atoms with van der Waals surface area (Å²) in [6.45, 7) is 0. The lowest BCUT2D eigenvalue weighted by Crippen LogP contribution is -2.03. The molecular formula is C43H24N2O2S. The summed E-state index contributed by atoms with van der Waals surface area (Å²) in [4.78, 5) is 14.2. The van der Waals surface area contributed by atoms with Crippen LogP contribution in [0, 0.1) is 0 Å². The minimum atomic E-state index is -0.0141. The topological polar surface area (TPSA) is 40.1 Å². The summed E-state index contributed by atoms with van der Waals surface area (Å²) < 4.78 is 13.4. The summed E-state index contributed by atoms with van der Waals surface area (Å²) in [5.74, 6) is 0. The van der Waals surface area contributed by atoms with Crippen LogP contribution in [0.25, 0.3) is 97.1 Å². The van der Waals surface area contributed by atoms with Crippen molar-refractivity contribution in [1.29, 1.82) is 0 Å². The van der Waals surface area contributed by atoms with Gasteiger partial charge < -0.3 is 13.6 Å². The molecule has 0 fully saturated rings. The van der Waals surface area contributed by atoms with E-state index in [0.717, 1.165) is 37.9 Å². The van der Waals surface area contributed by atoms with E-state index >= 15 is 0 Å². The highest BCUT2D eigenvalue weighted by Crippen LogP contribution is 2.42. The molecule has 4 heterocycles. The summed E-state index contributed by atoms with van der Waals surface area (Å²) >= 11 is 1.71. The second-order valence-electron chi connectivity index (χ2n) is 12.5. The van der Waals surface area contributed by atoms with E-state index in [9.17, 15) is 4.79 Å². The van der Waals surface area contributed by atoms with Gasteiger partial charge in [0, 0.05) is 53.1 Å². The molecule has 0 saturated heterocycles. The lowest BCUT2D eigenvalue weighted by molar-refractivity contribution is 0.660. The quantitative estimate of drug-likeness (QED) is 0.178. The lowest BCUT2D eigenvalue weighted by Gasteiger charge is -2.11. The van der Waals surface area contributed by atoms with E-state index in [1.807, 2.05) is 24.3 Å². The zero-order valence-corrected chi connectivity index (χ0v) is 26.3. The van der Waals surface area contributed by atoms with Crippen molar-refractivity contribution in [3.8, 4) is 11.4 Å². The van der Waals surface area contributed by atoms with E-state index in [0.29, 0.717) is 21.9 Å². The first-order valence-electron chi connectivity index (χ1n) is 16.1. The molecule has 11 rings (SSSR count). The van der Waals surface area contributed by atoms with Crippen LogP contribution in [0.5, 0.6) is 0 Å². The van der Waals surface area contributed by atoms with Crippen molar-refractivity contribution in [3.63, 3.8) is 0 Å². The molecule has 7 aromatic carbocycles. The van der Waals surface area contributed by atoms with E-state index in [1.165, 1.54) is 37.3 Å². The molecule has 0 aliphatic rings. The Kier molecular flexibility index (Phi) is 5.11. The standard InChI is InChI=1S/C43H24N2O2S/c46-43-32-22-26(18-21-37(32)47-38-23-31-28-13-6-9-17-39(28)48-40(31)24-33(38)43)44-35-16-8-5-14-30(35)41-36(44)20-19-29-27-12-4-7-15-34(27)45(42(29)41)25-10-2-1-3-11-25/h1-24H. The third-order valence-electron chi connectivity index (χ3n) is 9.89. The van der Waals surface area contributed by atoms with Gasteiger partial charge in [0.1, 0.15) is 11.2 Å². The first-order chi connectivity index (χ1) is 23.7. The molecule has 0 unspecified atom stereocenters. The number of rotatable bonds is 2. The Morgan fingerprint density at radius 2 is 1.15 bits per heavy atom. The van der Waals surface area contributed by atoms with Gasteiger partial charge in [-0.15, -0.1) is 11.3 Å². The first-order valence-corrected chi connectivity index (χ1v) is 16.9. The number of nitrogens with zero attached hydrogens (tertiary/aromatic N) is 2. The Morgan fingerprint density at radius 3 is 2.00 bits per heavy atom. The molecule has 11 aromatic rings. The first kappa shape index (κ1) is 26.0. The molecule has 0 spiro atoms. The Hall–Kier alpha value is -6.17. The minimum Gasteiger partial charge on any atom is -0.456 e. The molecule has 4 nitrogen and oxygen atoms in total. The van der Waals surface area contributed by atoms with Crippen molar-refractivity contribution in [2.45, 2.75) is 0 Å². The van der Waals surface area contributed by atoms with E-state index < -0.39 is 0 Å². The summed E-state index contributed by atoms with van der Waals surface area (Å²) in [5, 5.41) is 8.26. The molecule has 0 bridgehead atoms. The van der Waals surface area contributed by atoms with Crippen LogP contribution in [0.4, 0.5) is 0 Å². The molecular weight excluding hydrogens is 609 g/mol. The SMILES string of the molecule is O=c1c2cc(-n3c4ccccc4c4c3ccc3c5ccccc5n(-c5ccccc5)c34)ccc2oc2cc3c(cc12)sc1ccccc13. The third kappa shape index (κ3) is 3.40. The maximum atomic E-state index is 14.2. The van der Waals surface area contributed by atoms with Crippen LogP contribution in [0.1, 0.15) is 0 Å². The van der Waals surface area contributed by atoms with Gasteiger partial charge in [-0.1, -0.05) is 78.9 Å². The highest BCUT2D eigenvalue weighted by molar-refractivity contribution is 7.25. The second kappa shape index (κ2) is 9.44. The van der Waals surface area contributed by atoms with Crippen LogP contribution in [-0.2, 0) is 0 Å². The Labute approximate surface area is 276 Å². The van der Waals surface area contributed by atoms with E-state index in [4.69, 9.17) is 4.42 Å². The van der Waals surface area contributed by atoms with Gasteiger partial charge in [-0.3, -0.25) is 4.79 Å². The normalized spacial score (nSPS) is 12.2. The van der Waals surface area contributed by atoms with Crippen LogP contribution >= 0.6 is 11.3 Å². The third-order valence-corrected chi connectivity index (χ3v) is 11.0. The number of benzene rings is 7. The molecule has 5 heteroatoms. The van der Waals surface area contributed by atoms with Crippen LogP contribution in [0.3, 0.4) is 0 Å². The summed E-state index contributed by atoms with van der Waals surface area (Å²) in [6.07, 6.45) is 0. The molecule has 224 valence electrons. The molecule has 0 aliphatic heterocycles. The molecule has 0 radical (unpaired) electrons. The highest BCUT2D eigenvalue weighted by Gasteiger charge is 2.21. The van der Waals surface area contributed by atoms with Gasteiger partial charge in [-0.2, -0.15) is 0 Å². The molecule has 0 N–H and O–H groups in total. The Bertz CT molecular complexity index is 3200. The Balaban J connectivity index is 1.22. The van der Waals surface area contributed by atoms with Crippen molar-refractivity contribution >= 4 is 97.1 Å². The van der Waals surface area contributed by atoms with Crippen LogP contribution in [0.2, 0.25) is 0 Å². The molecule has 4 aromatic heterocycles. The van der Waals surface area contributed by atoms with Crippen LogP contribution in [-0.4, -0.2) is 9.13 Å². The van der Waals surface area contributed by atoms with Gasteiger partial charge in [0.05, 0.1) is 32.8 Å². The number of fused-ring (bicyclic) bond motifs is 12. The number of aromatic nitrogens is 2. The fourth-order valence-corrected chi connectivity index (χ4v) is 8.96. The van der Waals surface area contributed by atoms with Crippen molar-refractivity contribution < 1.29 is 4.42 Å². The van der Waals surface area contributed by atoms with Crippen molar-refractivity contribution in [1.82, 2.24) is 9.13 Å². The largest absolute Gasteiger partial charge is 0.456 e. The summed E-state index contributed by atoms with van der Waals surface area (Å²) in [6, 6.07) is 50.7. The molecule has 48 heavy (non-hydrogen) atoms. The average molecular weight is 633 g/mol. The number of hydrogen-bond donors (Lipinski definition) is 0. The predicted octanol–water partition coefficient (Wildman–Crippen LogP) is 11.5. The van der Waals surface area contributed by atoms with Gasteiger partial charge in [0.2, 0.25) is 5.43 Å². The fraction of sp³-hybridized carbons (Fsp3) is 0. The zero-order valence-electron chi connectivity index (χ0n) is 25.5. The molecule has 0 aliphatic carbocycles. The van der Waals surface area contributed by atoms with Crippen molar-refractivity contribution in [2.75, 3.05) is 0 Å². The second-order valence-corrected chi connectivity index (χ2v) is 13.5. The minimum absolute atomic E-state index is 0.0141. The van der Waals surface area contributed by atoms with E-state index in [1.54, 1.807) is 11.3 Å². The molecule has 0 amide bonds. The smallest absolute Gasteiger partial charge is 0.200 e. The van der Waals surface area contributed by atoms with Gasteiger partial charge in [0.15, 0.2) is 0 Å². The van der Waals surface area contributed by atoms with Crippen molar-refractivity contribution in [2.24, 2.45) is 0 Å². The highest BCUT2D eigenvalue weighted by atomic mass is 32.1. The lowest BCUT2D eigenvalue weighted by atomic mass is 10.1. The number of hydrogen-bond acceptors (Lipinski definition) is 3.